The van der Waals surface area contributed by atoms with Gasteiger partial charge in [-0.25, -0.2) is 0 Å². The van der Waals surface area contributed by atoms with Crippen LogP contribution in [-0.2, 0) is 16.1 Å². The Morgan fingerprint density at radius 3 is 2.96 bits per heavy atom. The van der Waals surface area contributed by atoms with Gasteiger partial charge < -0.3 is 19.4 Å². The van der Waals surface area contributed by atoms with Gasteiger partial charge in [0, 0.05) is 19.3 Å². The van der Waals surface area contributed by atoms with Crippen molar-refractivity contribution in [2.45, 2.75) is 31.5 Å². The van der Waals surface area contributed by atoms with E-state index in [4.69, 9.17) is 9.15 Å². The van der Waals surface area contributed by atoms with Gasteiger partial charge in [0.2, 0.25) is 5.91 Å². The monoisotopic (exact) mass is 355 g/mol. The molecule has 0 aromatic carbocycles. The molecule has 2 aromatic rings. The summed E-state index contributed by atoms with van der Waals surface area (Å²) in [7, 11) is 0. The van der Waals surface area contributed by atoms with Gasteiger partial charge in [-0.2, -0.15) is 0 Å². The molecule has 0 aliphatic carbocycles. The second-order valence-corrected chi connectivity index (χ2v) is 6.67. The second-order valence-electron chi connectivity index (χ2n) is 6.67. The van der Waals surface area contributed by atoms with Crippen molar-refractivity contribution in [3.8, 4) is 0 Å². The molecule has 0 spiro atoms. The van der Waals surface area contributed by atoms with Crippen LogP contribution in [0.3, 0.4) is 0 Å². The van der Waals surface area contributed by atoms with Crippen molar-refractivity contribution < 1.29 is 18.7 Å². The number of piperidine rings is 1. The van der Waals surface area contributed by atoms with Crippen molar-refractivity contribution in [1.29, 1.82) is 0 Å². The molecule has 0 radical (unpaired) electrons. The van der Waals surface area contributed by atoms with Crippen LogP contribution in [0, 0.1) is 5.92 Å². The molecule has 2 amide bonds. The number of rotatable bonds is 4. The van der Waals surface area contributed by atoms with Gasteiger partial charge in [-0.15, -0.1) is 0 Å². The molecule has 2 aliphatic rings. The van der Waals surface area contributed by atoms with Gasteiger partial charge in [-0.3, -0.25) is 14.6 Å². The Balaban J connectivity index is 1.47. The van der Waals surface area contributed by atoms with Crippen molar-refractivity contribution in [3.63, 3.8) is 0 Å². The molecule has 2 aromatic heterocycles. The van der Waals surface area contributed by atoms with Crippen LogP contribution in [0.2, 0.25) is 0 Å². The van der Waals surface area contributed by atoms with E-state index >= 15 is 0 Å². The summed E-state index contributed by atoms with van der Waals surface area (Å²) in [6, 6.07) is 8.88. The summed E-state index contributed by atoms with van der Waals surface area (Å²) in [5.41, 5.74) is 0.398. The number of carbonyl (C=O) groups is 2. The molecule has 0 saturated carbocycles. The number of fused-ring (bicyclic) bond motifs is 1. The molecule has 2 aliphatic heterocycles. The van der Waals surface area contributed by atoms with Crippen LogP contribution in [0.4, 0.5) is 0 Å². The average molecular weight is 355 g/mol. The molecule has 2 saturated heterocycles. The predicted octanol–water partition coefficient (Wildman–Crippen LogP) is 1.61. The highest BCUT2D eigenvalue weighted by molar-refractivity contribution is 5.93. The zero-order valence-electron chi connectivity index (χ0n) is 14.3. The minimum Gasteiger partial charge on any atom is -0.467 e. The number of aromatic nitrogens is 1. The average Bonchev–Trinajstić information content (AvgIpc) is 3.37. The Morgan fingerprint density at radius 1 is 1.27 bits per heavy atom. The number of pyridine rings is 1. The first-order valence-corrected chi connectivity index (χ1v) is 8.86. The van der Waals surface area contributed by atoms with E-state index in [1.165, 1.54) is 0 Å². The lowest BCUT2D eigenvalue weighted by molar-refractivity contribution is -0.129. The highest BCUT2D eigenvalue weighted by atomic mass is 16.5. The molecule has 0 bridgehead atoms. The first-order chi connectivity index (χ1) is 12.7. The molecule has 1 N–H and O–H groups in total. The van der Waals surface area contributed by atoms with Crippen LogP contribution in [-0.4, -0.2) is 47.0 Å². The van der Waals surface area contributed by atoms with Crippen LogP contribution in [0.1, 0.15) is 29.1 Å². The number of carbonyl (C=O) groups excluding carboxylic acids is 2. The molecule has 2 fully saturated rings. The first-order valence-electron chi connectivity index (χ1n) is 8.86. The Hall–Kier alpha value is -2.67. The number of amides is 2. The summed E-state index contributed by atoms with van der Waals surface area (Å²) in [5.74, 6) is 0.159. The second kappa shape index (κ2) is 7.29. The van der Waals surface area contributed by atoms with Crippen molar-refractivity contribution in [2.24, 2.45) is 5.92 Å². The van der Waals surface area contributed by atoms with Crippen molar-refractivity contribution in [3.05, 3.63) is 54.2 Å². The molecule has 7 nitrogen and oxygen atoms in total. The van der Waals surface area contributed by atoms with Gasteiger partial charge in [0.1, 0.15) is 11.5 Å². The highest BCUT2D eigenvalue weighted by Gasteiger charge is 2.44. The summed E-state index contributed by atoms with van der Waals surface area (Å²) in [6.07, 6.45) is 4.50. The van der Waals surface area contributed by atoms with E-state index in [9.17, 15) is 9.59 Å². The summed E-state index contributed by atoms with van der Waals surface area (Å²) in [4.78, 5) is 31.5. The topological polar surface area (TPSA) is 84.7 Å². The summed E-state index contributed by atoms with van der Waals surface area (Å²) >= 11 is 0. The van der Waals surface area contributed by atoms with Crippen LogP contribution < -0.4 is 5.32 Å². The van der Waals surface area contributed by atoms with Crippen LogP contribution in [0.25, 0.3) is 0 Å². The van der Waals surface area contributed by atoms with Gasteiger partial charge in [-0.05, 0) is 37.1 Å². The molecule has 3 atom stereocenters. The van der Waals surface area contributed by atoms with E-state index in [1.54, 1.807) is 41.6 Å². The van der Waals surface area contributed by atoms with Crippen LogP contribution >= 0.6 is 0 Å². The Bertz CT molecular complexity index is 762. The molecule has 26 heavy (non-hydrogen) atoms. The van der Waals surface area contributed by atoms with Crippen LogP contribution in [0.15, 0.2) is 47.2 Å². The Morgan fingerprint density at radius 2 is 2.19 bits per heavy atom. The van der Waals surface area contributed by atoms with E-state index < -0.39 is 0 Å². The van der Waals surface area contributed by atoms with Gasteiger partial charge in [0.15, 0.2) is 0 Å². The SMILES string of the molecule is O=C(NCc1ccco1)[C@@H]1C[C@@H]2OCC[C@@H]2N(C(=O)c2ccccn2)C1. The fourth-order valence-electron chi connectivity index (χ4n) is 3.74. The Kier molecular flexibility index (Phi) is 4.71. The lowest BCUT2D eigenvalue weighted by Gasteiger charge is -2.40. The zero-order chi connectivity index (χ0) is 17.9. The number of hydrogen-bond donors (Lipinski definition) is 1. The largest absolute Gasteiger partial charge is 0.467 e. The number of likely N-dealkylation sites (tertiary alicyclic amines) is 1. The molecule has 136 valence electrons. The number of nitrogens with zero attached hydrogens (tertiary/aromatic N) is 2. The number of nitrogens with one attached hydrogen (secondary N) is 1. The van der Waals surface area contributed by atoms with E-state index in [2.05, 4.69) is 10.3 Å². The summed E-state index contributed by atoms with van der Waals surface area (Å²) < 4.78 is 11.0. The molecular formula is C19H21N3O4. The minimum atomic E-state index is -0.308. The van der Waals surface area contributed by atoms with E-state index in [0.29, 0.717) is 37.6 Å². The maximum Gasteiger partial charge on any atom is 0.272 e. The van der Waals surface area contributed by atoms with Gasteiger partial charge in [0.25, 0.3) is 5.91 Å². The van der Waals surface area contributed by atoms with E-state index in [0.717, 1.165) is 6.42 Å². The maximum atomic E-state index is 12.9. The third-order valence-electron chi connectivity index (χ3n) is 5.04. The number of ether oxygens (including phenoxy) is 1. The molecule has 4 rings (SSSR count). The predicted molar refractivity (Wildman–Crippen MR) is 92.1 cm³/mol. The standard InChI is InChI=1S/C19H21N3O4/c23-18(21-11-14-4-3-8-25-14)13-10-17-16(6-9-26-17)22(12-13)19(24)15-5-1-2-7-20-15/h1-5,7-8,13,16-17H,6,9-12H2,(H,21,23)/t13-,16+,17+/m1/s1. The highest BCUT2D eigenvalue weighted by Crippen LogP contribution is 2.32. The molecule has 0 unspecified atom stereocenters. The number of furan rings is 1. The van der Waals surface area contributed by atoms with Crippen molar-refractivity contribution in [2.75, 3.05) is 13.2 Å². The summed E-state index contributed by atoms with van der Waals surface area (Å²) in [5, 5.41) is 2.89. The van der Waals surface area contributed by atoms with Gasteiger partial charge in [0.05, 0.1) is 30.9 Å². The fourth-order valence-corrected chi connectivity index (χ4v) is 3.74. The number of hydrogen-bond acceptors (Lipinski definition) is 5. The molecule has 7 heteroatoms. The van der Waals surface area contributed by atoms with Crippen molar-refractivity contribution >= 4 is 11.8 Å². The third kappa shape index (κ3) is 3.35. The lowest BCUT2D eigenvalue weighted by Crippen LogP contribution is -2.55. The maximum absolute atomic E-state index is 12.9. The van der Waals surface area contributed by atoms with E-state index in [1.807, 2.05) is 6.07 Å². The van der Waals surface area contributed by atoms with E-state index in [-0.39, 0.29) is 29.9 Å². The first kappa shape index (κ1) is 16.8. The zero-order valence-corrected chi connectivity index (χ0v) is 14.3. The van der Waals surface area contributed by atoms with Crippen LogP contribution in [0.5, 0.6) is 0 Å². The lowest BCUT2D eigenvalue weighted by atomic mass is 9.89. The summed E-state index contributed by atoms with van der Waals surface area (Å²) in [6.45, 7) is 1.33. The fraction of sp³-hybridized carbons (Fsp3) is 0.421. The third-order valence-corrected chi connectivity index (χ3v) is 5.04. The normalized spacial score (nSPS) is 24.9. The Labute approximate surface area is 151 Å². The quantitative estimate of drug-likeness (QED) is 0.901. The van der Waals surface area contributed by atoms with Crippen molar-refractivity contribution in [1.82, 2.24) is 15.2 Å². The molecule has 4 heterocycles. The smallest absolute Gasteiger partial charge is 0.272 e. The van der Waals surface area contributed by atoms with Gasteiger partial charge >= 0.3 is 0 Å². The van der Waals surface area contributed by atoms with Gasteiger partial charge in [-0.1, -0.05) is 6.07 Å². The minimum absolute atomic E-state index is 0.0126. The molecular weight excluding hydrogens is 334 g/mol.